The first kappa shape index (κ1) is 18.4. The number of phenols is 1. The number of carbonyl (C=O) groups is 1. The average Bonchev–Trinajstić information content (AvgIpc) is 3.09. The van der Waals surface area contributed by atoms with E-state index in [1.807, 2.05) is 11.6 Å². The van der Waals surface area contributed by atoms with Crippen LogP contribution in [0.5, 0.6) is 5.75 Å². The number of amides is 1. The highest BCUT2D eigenvalue weighted by molar-refractivity contribution is 6.36. The predicted octanol–water partition coefficient (Wildman–Crippen LogP) is 2.63. The van der Waals surface area contributed by atoms with E-state index in [2.05, 4.69) is 25.2 Å². The summed E-state index contributed by atoms with van der Waals surface area (Å²) in [5.41, 5.74) is 1.66. The lowest BCUT2D eigenvalue weighted by atomic mass is 9.66. The number of phenolic OH excluding ortho intramolecular Hbond substituents is 1. The predicted molar refractivity (Wildman–Crippen MR) is 109 cm³/mol. The van der Waals surface area contributed by atoms with E-state index in [1.54, 1.807) is 12.5 Å². The SMILES string of the molecule is Cn1cnc2nc(N3CC4CC(C3)C4NC(=O)c3cc(Cl)cc(Cl)c3O)ncc21. The Balaban J connectivity index is 1.29. The van der Waals surface area contributed by atoms with Gasteiger partial charge in [-0.05, 0) is 30.4 Å². The first-order valence-electron chi connectivity index (χ1n) is 9.28. The second-order valence-corrected chi connectivity index (χ2v) is 8.52. The molecule has 29 heavy (non-hydrogen) atoms. The van der Waals surface area contributed by atoms with E-state index in [1.165, 1.54) is 12.1 Å². The van der Waals surface area contributed by atoms with Crippen LogP contribution in [-0.4, -0.2) is 49.7 Å². The van der Waals surface area contributed by atoms with Gasteiger partial charge in [0.25, 0.3) is 5.91 Å². The standard InChI is InChI=1S/C19H18Cl2N6O2/c1-26-8-23-17-14(26)5-22-19(25-17)27-6-9-2-10(7-27)15(9)24-18(29)12-3-11(20)4-13(21)16(12)28/h3-5,8-10,15,28H,2,6-7H2,1H3,(H,24,29). The van der Waals surface area contributed by atoms with Crippen molar-refractivity contribution in [3.05, 3.63) is 40.3 Å². The van der Waals surface area contributed by atoms with Gasteiger partial charge in [-0.25, -0.2) is 9.97 Å². The molecule has 2 aromatic heterocycles. The number of carbonyl (C=O) groups excluding carboxylic acids is 1. The molecule has 3 fully saturated rings. The van der Waals surface area contributed by atoms with E-state index in [0.717, 1.165) is 25.0 Å². The number of imidazole rings is 1. The molecule has 3 aliphatic rings. The quantitative estimate of drug-likeness (QED) is 0.660. The van der Waals surface area contributed by atoms with Gasteiger partial charge in [0.15, 0.2) is 5.65 Å². The highest BCUT2D eigenvalue weighted by Gasteiger charge is 2.48. The monoisotopic (exact) mass is 432 g/mol. The van der Waals surface area contributed by atoms with Crippen molar-refractivity contribution in [2.24, 2.45) is 18.9 Å². The minimum Gasteiger partial charge on any atom is -0.506 e. The van der Waals surface area contributed by atoms with Crippen LogP contribution in [0.4, 0.5) is 5.95 Å². The zero-order chi connectivity index (χ0) is 20.3. The molecule has 2 bridgehead atoms. The summed E-state index contributed by atoms with van der Waals surface area (Å²) < 4.78 is 1.88. The van der Waals surface area contributed by atoms with Crippen LogP contribution >= 0.6 is 23.2 Å². The molecule has 1 aromatic carbocycles. The van der Waals surface area contributed by atoms with Crippen molar-refractivity contribution in [1.82, 2.24) is 24.8 Å². The fourth-order valence-corrected chi connectivity index (χ4v) is 4.81. The normalized spacial score (nSPS) is 23.1. The Labute approximate surface area is 176 Å². The van der Waals surface area contributed by atoms with Gasteiger partial charge in [-0.15, -0.1) is 0 Å². The lowest BCUT2D eigenvalue weighted by molar-refractivity contribution is 0.0636. The van der Waals surface area contributed by atoms with Crippen LogP contribution < -0.4 is 10.2 Å². The molecule has 2 unspecified atom stereocenters. The number of halogens is 2. The van der Waals surface area contributed by atoms with E-state index in [0.29, 0.717) is 16.6 Å². The largest absolute Gasteiger partial charge is 0.506 e. The molecule has 6 rings (SSSR count). The fourth-order valence-electron chi connectivity index (χ4n) is 4.31. The summed E-state index contributed by atoms with van der Waals surface area (Å²) in [5.74, 6) is 0.618. The highest BCUT2D eigenvalue weighted by atomic mass is 35.5. The van der Waals surface area contributed by atoms with Crippen LogP contribution in [0, 0.1) is 11.8 Å². The Kier molecular flexibility index (Phi) is 4.29. The lowest BCUT2D eigenvalue weighted by Crippen LogP contribution is -2.64. The second kappa shape index (κ2) is 6.74. The molecule has 0 spiro atoms. The van der Waals surface area contributed by atoms with Crippen molar-refractivity contribution in [2.75, 3.05) is 18.0 Å². The molecule has 2 aliphatic heterocycles. The maximum absolute atomic E-state index is 12.7. The zero-order valence-corrected chi connectivity index (χ0v) is 17.0. The van der Waals surface area contributed by atoms with Crippen molar-refractivity contribution in [1.29, 1.82) is 0 Å². The molecular weight excluding hydrogens is 415 g/mol. The van der Waals surface area contributed by atoms with Crippen molar-refractivity contribution in [3.63, 3.8) is 0 Å². The molecule has 3 aromatic rings. The van der Waals surface area contributed by atoms with Gasteiger partial charge in [-0.1, -0.05) is 23.2 Å². The third kappa shape index (κ3) is 3.07. The van der Waals surface area contributed by atoms with Crippen molar-refractivity contribution < 1.29 is 9.90 Å². The van der Waals surface area contributed by atoms with Gasteiger partial charge in [0, 0.05) is 31.2 Å². The Morgan fingerprint density at radius 1 is 1.24 bits per heavy atom. The zero-order valence-electron chi connectivity index (χ0n) is 15.5. The number of fused-ring (bicyclic) bond motifs is 3. The summed E-state index contributed by atoms with van der Waals surface area (Å²) in [6, 6.07) is 2.87. The van der Waals surface area contributed by atoms with Gasteiger partial charge in [0.1, 0.15) is 11.3 Å². The summed E-state index contributed by atoms with van der Waals surface area (Å²) in [6.45, 7) is 1.50. The number of aromatic nitrogens is 4. The summed E-state index contributed by atoms with van der Waals surface area (Å²) in [6.07, 6.45) is 4.55. The number of aromatic hydroxyl groups is 1. The summed E-state index contributed by atoms with van der Waals surface area (Å²) in [7, 11) is 1.91. The molecular formula is C19H18Cl2N6O2. The van der Waals surface area contributed by atoms with Crippen molar-refractivity contribution in [2.45, 2.75) is 12.5 Å². The van der Waals surface area contributed by atoms with E-state index in [9.17, 15) is 9.90 Å². The van der Waals surface area contributed by atoms with E-state index in [-0.39, 0.29) is 40.1 Å². The number of nitrogens with one attached hydrogen (secondary N) is 1. The van der Waals surface area contributed by atoms with Gasteiger partial charge in [0.2, 0.25) is 5.95 Å². The molecule has 4 heterocycles. The molecule has 0 radical (unpaired) electrons. The summed E-state index contributed by atoms with van der Waals surface area (Å²) in [4.78, 5) is 28.2. The number of hydrogen-bond acceptors (Lipinski definition) is 6. The van der Waals surface area contributed by atoms with Gasteiger partial charge < -0.3 is 19.9 Å². The third-order valence-corrected chi connectivity index (χ3v) is 6.36. The first-order chi connectivity index (χ1) is 13.9. The van der Waals surface area contributed by atoms with Crippen LogP contribution in [0.1, 0.15) is 16.8 Å². The van der Waals surface area contributed by atoms with Gasteiger partial charge in [-0.3, -0.25) is 4.79 Å². The van der Waals surface area contributed by atoms with Crippen LogP contribution in [0.15, 0.2) is 24.7 Å². The van der Waals surface area contributed by atoms with Crippen LogP contribution in [0.2, 0.25) is 10.0 Å². The molecule has 10 heteroatoms. The fraction of sp³-hybridized carbons (Fsp3) is 0.368. The molecule has 1 aliphatic carbocycles. The average molecular weight is 433 g/mol. The van der Waals surface area contributed by atoms with Crippen LogP contribution in [-0.2, 0) is 7.05 Å². The number of benzene rings is 1. The lowest BCUT2D eigenvalue weighted by Gasteiger charge is -2.53. The summed E-state index contributed by atoms with van der Waals surface area (Å²) in [5, 5.41) is 13.5. The highest BCUT2D eigenvalue weighted by Crippen LogP contribution is 2.41. The molecule has 8 nitrogen and oxygen atoms in total. The summed E-state index contributed by atoms with van der Waals surface area (Å²) >= 11 is 11.9. The minimum absolute atomic E-state index is 0.0366. The third-order valence-electron chi connectivity index (χ3n) is 5.85. The number of nitrogens with zero attached hydrogens (tertiary/aromatic N) is 5. The van der Waals surface area contributed by atoms with E-state index < -0.39 is 0 Å². The molecule has 1 amide bonds. The molecule has 1 saturated carbocycles. The smallest absolute Gasteiger partial charge is 0.255 e. The topological polar surface area (TPSA) is 96.2 Å². The number of anilines is 1. The van der Waals surface area contributed by atoms with Gasteiger partial charge in [-0.2, -0.15) is 4.98 Å². The molecule has 2 atom stereocenters. The number of aryl methyl sites for hydroxylation is 1. The Morgan fingerprint density at radius 2 is 2.00 bits per heavy atom. The molecule has 2 N–H and O–H groups in total. The molecule has 2 saturated heterocycles. The maximum Gasteiger partial charge on any atom is 0.255 e. The Morgan fingerprint density at radius 3 is 2.76 bits per heavy atom. The van der Waals surface area contributed by atoms with Gasteiger partial charge >= 0.3 is 0 Å². The van der Waals surface area contributed by atoms with Crippen molar-refractivity contribution in [3.8, 4) is 5.75 Å². The number of hydrogen-bond donors (Lipinski definition) is 2. The maximum atomic E-state index is 12.7. The number of piperidine rings is 2. The minimum atomic E-state index is -0.369. The van der Waals surface area contributed by atoms with Crippen LogP contribution in [0.3, 0.4) is 0 Å². The first-order valence-corrected chi connectivity index (χ1v) is 10.0. The Hall–Kier alpha value is -2.58. The number of rotatable bonds is 3. The second-order valence-electron chi connectivity index (χ2n) is 7.68. The van der Waals surface area contributed by atoms with Crippen molar-refractivity contribution >= 4 is 46.2 Å². The van der Waals surface area contributed by atoms with E-state index in [4.69, 9.17) is 23.2 Å². The Bertz CT molecular complexity index is 1120. The molecule has 150 valence electrons. The van der Waals surface area contributed by atoms with E-state index >= 15 is 0 Å². The van der Waals surface area contributed by atoms with Gasteiger partial charge in [0.05, 0.1) is 23.1 Å². The van der Waals surface area contributed by atoms with Crippen LogP contribution in [0.25, 0.3) is 11.2 Å².